The first-order chi connectivity index (χ1) is 10.2. The van der Waals surface area contributed by atoms with E-state index in [4.69, 9.17) is 10.00 Å². The number of nitriles is 1. The van der Waals surface area contributed by atoms with Crippen molar-refractivity contribution in [3.63, 3.8) is 0 Å². The van der Waals surface area contributed by atoms with Crippen LogP contribution in [0.25, 0.3) is 0 Å². The standard InChI is InChI=1S/C17H22N2O2/c1-13(15-5-3-2-4-6-15)19-17(20)12-21-16-9-7-14(11-18)8-10-16/h7-10,13,15H,2-6,12H2,1H3,(H,19,20). The second-order valence-corrected chi connectivity index (χ2v) is 5.68. The van der Waals surface area contributed by atoms with Gasteiger partial charge in [0.25, 0.3) is 5.91 Å². The Hall–Kier alpha value is -2.02. The minimum Gasteiger partial charge on any atom is -0.484 e. The van der Waals surface area contributed by atoms with E-state index < -0.39 is 0 Å². The van der Waals surface area contributed by atoms with Crippen LogP contribution in [0, 0.1) is 17.2 Å². The van der Waals surface area contributed by atoms with Gasteiger partial charge in [-0.25, -0.2) is 0 Å². The topological polar surface area (TPSA) is 62.1 Å². The normalized spacial score (nSPS) is 16.8. The molecule has 1 amide bonds. The Morgan fingerprint density at radius 1 is 1.33 bits per heavy atom. The maximum atomic E-state index is 11.9. The molecule has 112 valence electrons. The Bertz CT molecular complexity index is 499. The van der Waals surface area contributed by atoms with Gasteiger partial charge in [0.05, 0.1) is 11.6 Å². The summed E-state index contributed by atoms with van der Waals surface area (Å²) in [6, 6.07) is 9.02. The first-order valence-electron chi connectivity index (χ1n) is 7.61. The van der Waals surface area contributed by atoms with Gasteiger partial charge in [0.1, 0.15) is 5.75 Å². The molecule has 0 bridgehead atoms. The molecule has 1 aromatic carbocycles. The van der Waals surface area contributed by atoms with Gasteiger partial charge in [0, 0.05) is 6.04 Å². The Kier molecular flexibility index (Phi) is 5.62. The van der Waals surface area contributed by atoms with E-state index >= 15 is 0 Å². The highest BCUT2D eigenvalue weighted by Crippen LogP contribution is 2.26. The van der Waals surface area contributed by atoms with Crippen molar-refractivity contribution in [2.45, 2.75) is 45.1 Å². The van der Waals surface area contributed by atoms with Crippen molar-refractivity contribution in [3.05, 3.63) is 29.8 Å². The van der Waals surface area contributed by atoms with Gasteiger partial charge in [-0.1, -0.05) is 19.3 Å². The third-order valence-electron chi connectivity index (χ3n) is 4.10. The highest BCUT2D eigenvalue weighted by Gasteiger charge is 2.21. The van der Waals surface area contributed by atoms with Crippen LogP contribution < -0.4 is 10.1 Å². The molecule has 1 fully saturated rings. The van der Waals surface area contributed by atoms with Gasteiger partial charge in [-0.2, -0.15) is 5.26 Å². The number of carbonyl (C=O) groups excluding carboxylic acids is 1. The zero-order valence-corrected chi connectivity index (χ0v) is 12.5. The number of ether oxygens (including phenoxy) is 1. The predicted molar refractivity (Wildman–Crippen MR) is 80.8 cm³/mol. The quantitative estimate of drug-likeness (QED) is 0.905. The first kappa shape index (κ1) is 15.4. The molecule has 1 atom stereocenters. The number of rotatable bonds is 5. The van der Waals surface area contributed by atoms with Gasteiger partial charge in [0.2, 0.25) is 0 Å². The molecule has 0 saturated heterocycles. The number of carbonyl (C=O) groups is 1. The van der Waals surface area contributed by atoms with Gasteiger partial charge in [0.15, 0.2) is 6.61 Å². The van der Waals surface area contributed by atoms with E-state index in [1.165, 1.54) is 32.1 Å². The zero-order chi connectivity index (χ0) is 15.1. The Morgan fingerprint density at radius 3 is 2.62 bits per heavy atom. The van der Waals surface area contributed by atoms with Crippen LogP contribution in [0.5, 0.6) is 5.75 Å². The summed E-state index contributed by atoms with van der Waals surface area (Å²) >= 11 is 0. The number of hydrogen-bond acceptors (Lipinski definition) is 3. The van der Waals surface area contributed by atoms with Crippen molar-refractivity contribution in [3.8, 4) is 11.8 Å². The lowest BCUT2D eigenvalue weighted by atomic mass is 9.84. The van der Waals surface area contributed by atoms with Gasteiger partial charge in [-0.05, 0) is 49.9 Å². The maximum absolute atomic E-state index is 11.9. The smallest absolute Gasteiger partial charge is 0.258 e. The van der Waals surface area contributed by atoms with Crippen LogP contribution in [0.1, 0.15) is 44.6 Å². The molecule has 4 nitrogen and oxygen atoms in total. The number of nitrogens with zero attached hydrogens (tertiary/aromatic N) is 1. The molecule has 0 heterocycles. The SMILES string of the molecule is CC(NC(=O)COc1ccc(C#N)cc1)C1CCCCC1. The van der Waals surface area contributed by atoms with Gasteiger partial charge < -0.3 is 10.1 Å². The molecule has 4 heteroatoms. The monoisotopic (exact) mass is 286 g/mol. The third kappa shape index (κ3) is 4.78. The summed E-state index contributed by atoms with van der Waals surface area (Å²) in [6.45, 7) is 2.10. The molecule has 1 aliphatic rings. The molecule has 0 radical (unpaired) electrons. The Labute approximate surface area is 126 Å². The third-order valence-corrected chi connectivity index (χ3v) is 4.10. The zero-order valence-electron chi connectivity index (χ0n) is 12.5. The van der Waals surface area contributed by atoms with Gasteiger partial charge >= 0.3 is 0 Å². The van der Waals surface area contributed by atoms with Crippen molar-refractivity contribution in [2.24, 2.45) is 5.92 Å². The number of nitrogens with one attached hydrogen (secondary N) is 1. The summed E-state index contributed by atoms with van der Waals surface area (Å²) in [7, 11) is 0. The maximum Gasteiger partial charge on any atom is 0.258 e. The van der Waals surface area contributed by atoms with Crippen molar-refractivity contribution < 1.29 is 9.53 Å². The van der Waals surface area contributed by atoms with Crippen LogP contribution >= 0.6 is 0 Å². The minimum atomic E-state index is -0.0857. The average molecular weight is 286 g/mol. The van der Waals surface area contributed by atoms with Gasteiger partial charge in [-0.15, -0.1) is 0 Å². The summed E-state index contributed by atoms with van der Waals surface area (Å²) in [5, 5.41) is 11.7. The molecule has 21 heavy (non-hydrogen) atoms. The molecule has 1 aliphatic carbocycles. The summed E-state index contributed by atoms with van der Waals surface area (Å²) < 4.78 is 5.43. The van der Waals surface area contributed by atoms with E-state index in [9.17, 15) is 4.79 Å². The van der Waals surface area contributed by atoms with E-state index in [-0.39, 0.29) is 18.6 Å². The van der Waals surface area contributed by atoms with Crippen molar-refractivity contribution >= 4 is 5.91 Å². The van der Waals surface area contributed by atoms with Crippen LogP contribution in [0.3, 0.4) is 0 Å². The highest BCUT2D eigenvalue weighted by molar-refractivity contribution is 5.77. The largest absolute Gasteiger partial charge is 0.484 e. The molecule has 0 aliphatic heterocycles. The van der Waals surface area contributed by atoms with E-state index in [1.807, 2.05) is 6.07 Å². The van der Waals surface area contributed by atoms with Crippen molar-refractivity contribution in [2.75, 3.05) is 6.61 Å². The fraction of sp³-hybridized carbons (Fsp3) is 0.529. The summed E-state index contributed by atoms with van der Waals surface area (Å²) in [4.78, 5) is 11.9. The predicted octanol–water partition coefficient (Wildman–Crippen LogP) is 3.02. The first-order valence-corrected chi connectivity index (χ1v) is 7.61. The highest BCUT2D eigenvalue weighted by atomic mass is 16.5. The molecular weight excluding hydrogens is 264 g/mol. The minimum absolute atomic E-state index is 0.0168. The van der Waals surface area contributed by atoms with Crippen LogP contribution in [0.15, 0.2) is 24.3 Å². The molecule has 0 aromatic heterocycles. The van der Waals surface area contributed by atoms with E-state index in [2.05, 4.69) is 12.2 Å². The summed E-state index contributed by atoms with van der Waals surface area (Å²) in [5.74, 6) is 1.12. The number of benzene rings is 1. The van der Waals surface area contributed by atoms with Crippen molar-refractivity contribution in [1.82, 2.24) is 5.32 Å². The van der Waals surface area contributed by atoms with E-state index in [0.717, 1.165) is 0 Å². The van der Waals surface area contributed by atoms with Gasteiger partial charge in [-0.3, -0.25) is 4.79 Å². The molecule has 1 unspecified atom stereocenters. The fourth-order valence-corrected chi connectivity index (χ4v) is 2.82. The molecule has 0 spiro atoms. The molecule has 1 aromatic rings. The fourth-order valence-electron chi connectivity index (χ4n) is 2.82. The number of amides is 1. The second-order valence-electron chi connectivity index (χ2n) is 5.68. The number of hydrogen-bond donors (Lipinski definition) is 1. The Balaban J connectivity index is 1.74. The molecular formula is C17H22N2O2. The molecule has 1 saturated carbocycles. The molecule has 1 N–H and O–H groups in total. The van der Waals surface area contributed by atoms with Crippen LogP contribution in [-0.4, -0.2) is 18.6 Å². The van der Waals surface area contributed by atoms with Crippen LogP contribution in [0.2, 0.25) is 0 Å². The van der Waals surface area contributed by atoms with E-state index in [0.29, 0.717) is 17.2 Å². The summed E-state index contributed by atoms with van der Waals surface area (Å²) in [6.07, 6.45) is 6.27. The van der Waals surface area contributed by atoms with Crippen LogP contribution in [-0.2, 0) is 4.79 Å². The van der Waals surface area contributed by atoms with Crippen molar-refractivity contribution in [1.29, 1.82) is 5.26 Å². The second kappa shape index (κ2) is 7.68. The molecule has 2 rings (SSSR count). The van der Waals surface area contributed by atoms with Crippen LogP contribution in [0.4, 0.5) is 0 Å². The summed E-state index contributed by atoms with van der Waals surface area (Å²) in [5.41, 5.74) is 0.581. The lowest BCUT2D eigenvalue weighted by Crippen LogP contribution is -2.41. The Morgan fingerprint density at radius 2 is 2.00 bits per heavy atom. The van der Waals surface area contributed by atoms with E-state index in [1.54, 1.807) is 24.3 Å². The lowest BCUT2D eigenvalue weighted by molar-refractivity contribution is -0.124. The average Bonchev–Trinajstić information content (AvgIpc) is 2.54. The lowest BCUT2D eigenvalue weighted by Gasteiger charge is -2.28.